The van der Waals surface area contributed by atoms with Crippen LogP contribution in [-0.2, 0) is 6.42 Å². The number of nitrogen functional groups attached to an aromatic ring is 1. The number of rotatable bonds is 3. The zero-order valence-electron chi connectivity index (χ0n) is 9.31. The van der Waals surface area contributed by atoms with Gasteiger partial charge in [-0.25, -0.2) is 0 Å². The lowest BCUT2D eigenvalue weighted by molar-refractivity contribution is 0.485. The number of para-hydroxylation sites is 2. The van der Waals surface area contributed by atoms with Crippen LogP contribution in [-0.4, -0.2) is 0 Å². The Kier molecular flexibility index (Phi) is 3.10. The summed E-state index contributed by atoms with van der Waals surface area (Å²) in [6.45, 7) is 2.13. The van der Waals surface area contributed by atoms with Gasteiger partial charge in [0, 0.05) is 0 Å². The monoisotopic (exact) mass is 213 g/mol. The van der Waals surface area contributed by atoms with Crippen LogP contribution in [0.25, 0.3) is 0 Å². The highest BCUT2D eigenvalue weighted by Gasteiger charge is 2.00. The van der Waals surface area contributed by atoms with Crippen LogP contribution in [0.4, 0.5) is 5.69 Å². The second kappa shape index (κ2) is 4.71. The number of anilines is 1. The van der Waals surface area contributed by atoms with E-state index in [0.717, 1.165) is 12.2 Å². The minimum absolute atomic E-state index is 0.655. The van der Waals surface area contributed by atoms with E-state index < -0.39 is 0 Å². The Morgan fingerprint density at radius 1 is 1.00 bits per heavy atom. The first kappa shape index (κ1) is 10.6. The molecule has 2 N–H and O–H groups in total. The molecule has 0 fully saturated rings. The normalized spacial score (nSPS) is 10.1. The molecule has 82 valence electrons. The Hall–Kier alpha value is -1.96. The molecule has 0 unspecified atom stereocenters. The van der Waals surface area contributed by atoms with Gasteiger partial charge in [-0.05, 0) is 36.2 Å². The number of hydrogen-bond donors (Lipinski definition) is 1. The molecule has 0 spiro atoms. The molecule has 0 aliphatic rings. The Labute approximate surface area is 95.7 Å². The van der Waals surface area contributed by atoms with Crippen molar-refractivity contribution in [2.75, 3.05) is 5.73 Å². The Bertz CT molecular complexity index is 462. The van der Waals surface area contributed by atoms with Gasteiger partial charge in [0.1, 0.15) is 11.5 Å². The van der Waals surface area contributed by atoms with Crippen molar-refractivity contribution in [3.63, 3.8) is 0 Å². The van der Waals surface area contributed by atoms with Crippen LogP contribution < -0.4 is 10.5 Å². The third kappa shape index (κ3) is 2.34. The van der Waals surface area contributed by atoms with Gasteiger partial charge in [0.05, 0.1) is 5.69 Å². The number of nitrogens with two attached hydrogens (primary N) is 1. The topological polar surface area (TPSA) is 35.2 Å². The first-order valence-corrected chi connectivity index (χ1v) is 5.41. The van der Waals surface area contributed by atoms with Gasteiger partial charge < -0.3 is 10.5 Å². The molecule has 0 amide bonds. The summed E-state index contributed by atoms with van der Waals surface area (Å²) in [5.41, 5.74) is 7.75. The van der Waals surface area contributed by atoms with Crippen molar-refractivity contribution in [1.29, 1.82) is 0 Å². The van der Waals surface area contributed by atoms with Gasteiger partial charge in [0.25, 0.3) is 0 Å². The molecule has 2 aromatic rings. The summed E-state index contributed by atoms with van der Waals surface area (Å²) in [6.07, 6.45) is 1.04. The maximum absolute atomic E-state index is 5.80. The summed E-state index contributed by atoms with van der Waals surface area (Å²) in [5.74, 6) is 1.52. The van der Waals surface area contributed by atoms with Gasteiger partial charge in [0.15, 0.2) is 0 Å². The molecule has 0 aromatic heterocycles. The van der Waals surface area contributed by atoms with Gasteiger partial charge in [-0.15, -0.1) is 0 Å². The van der Waals surface area contributed by atoms with Crippen LogP contribution in [0, 0.1) is 0 Å². The van der Waals surface area contributed by atoms with Crippen LogP contribution in [0.5, 0.6) is 11.5 Å². The minimum atomic E-state index is 0.655. The van der Waals surface area contributed by atoms with Gasteiger partial charge in [-0.2, -0.15) is 0 Å². The second-order valence-electron chi connectivity index (χ2n) is 3.64. The predicted octanol–water partition coefficient (Wildman–Crippen LogP) is 3.62. The molecule has 2 rings (SSSR count). The van der Waals surface area contributed by atoms with Crippen molar-refractivity contribution >= 4 is 5.69 Å². The summed E-state index contributed by atoms with van der Waals surface area (Å²) >= 11 is 0. The van der Waals surface area contributed by atoms with Crippen molar-refractivity contribution in [3.05, 3.63) is 54.1 Å². The fourth-order valence-electron chi connectivity index (χ4n) is 1.49. The molecule has 0 aliphatic heterocycles. The zero-order valence-corrected chi connectivity index (χ0v) is 9.31. The molecular formula is C14H15NO. The maximum atomic E-state index is 5.80. The summed E-state index contributed by atoms with van der Waals surface area (Å²) < 4.78 is 5.68. The van der Waals surface area contributed by atoms with Crippen molar-refractivity contribution in [3.8, 4) is 11.5 Å². The average Bonchev–Trinajstić information content (AvgIpc) is 2.33. The molecule has 0 saturated heterocycles. The largest absolute Gasteiger partial charge is 0.455 e. The number of aryl methyl sites for hydroxylation is 1. The molecule has 0 saturated carbocycles. The van der Waals surface area contributed by atoms with Crippen LogP contribution in [0.3, 0.4) is 0 Å². The average molecular weight is 213 g/mol. The number of benzene rings is 2. The van der Waals surface area contributed by atoms with Gasteiger partial charge in [0.2, 0.25) is 0 Å². The van der Waals surface area contributed by atoms with Crippen molar-refractivity contribution in [2.45, 2.75) is 13.3 Å². The summed E-state index contributed by atoms with van der Waals surface area (Å²) in [6, 6.07) is 15.5. The van der Waals surface area contributed by atoms with Gasteiger partial charge >= 0.3 is 0 Å². The Morgan fingerprint density at radius 3 is 2.31 bits per heavy atom. The fourth-order valence-corrected chi connectivity index (χ4v) is 1.49. The first-order valence-electron chi connectivity index (χ1n) is 5.41. The molecule has 16 heavy (non-hydrogen) atoms. The lowest BCUT2D eigenvalue weighted by atomic mass is 10.2. The highest BCUT2D eigenvalue weighted by molar-refractivity contribution is 5.53. The SMILES string of the molecule is CCc1ccc(Oc2ccccc2N)cc1. The van der Waals surface area contributed by atoms with E-state index in [1.54, 1.807) is 0 Å². The highest BCUT2D eigenvalue weighted by atomic mass is 16.5. The molecule has 2 heteroatoms. The number of hydrogen-bond acceptors (Lipinski definition) is 2. The fraction of sp³-hybridized carbons (Fsp3) is 0.143. The lowest BCUT2D eigenvalue weighted by Crippen LogP contribution is -1.91. The van der Waals surface area contributed by atoms with Crippen molar-refractivity contribution < 1.29 is 4.74 Å². The molecule has 0 atom stereocenters. The van der Waals surface area contributed by atoms with E-state index in [2.05, 4.69) is 19.1 Å². The van der Waals surface area contributed by atoms with Crippen LogP contribution in [0.15, 0.2) is 48.5 Å². The Balaban J connectivity index is 2.18. The van der Waals surface area contributed by atoms with E-state index in [-0.39, 0.29) is 0 Å². The van der Waals surface area contributed by atoms with Gasteiger partial charge in [-0.1, -0.05) is 31.2 Å². The molecule has 0 heterocycles. The molecule has 0 radical (unpaired) electrons. The van der Waals surface area contributed by atoms with Crippen LogP contribution in [0.2, 0.25) is 0 Å². The molecule has 0 aliphatic carbocycles. The first-order chi connectivity index (χ1) is 7.79. The predicted molar refractivity (Wildman–Crippen MR) is 66.7 cm³/mol. The summed E-state index contributed by atoms with van der Waals surface area (Å²) in [5, 5.41) is 0. The van der Waals surface area contributed by atoms with E-state index in [9.17, 15) is 0 Å². The molecular weight excluding hydrogens is 198 g/mol. The molecule has 2 aromatic carbocycles. The number of ether oxygens (including phenoxy) is 1. The van der Waals surface area contributed by atoms with E-state index in [4.69, 9.17) is 10.5 Å². The van der Waals surface area contributed by atoms with Gasteiger partial charge in [-0.3, -0.25) is 0 Å². The Morgan fingerprint density at radius 2 is 1.69 bits per heavy atom. The van der Waals surface area contributed by atoms with Crippen molar-refractivity contribution in [2.24, 2.45) is 0 Å². The second-order valence-corrected chi connectivity index (χ2v) is 3.64. The lowest BCUT2D eigenvalue weighted by Gasteiger charge is -2.08. The summed E-state index contributed by atoms with van der Waals surface area (Å²) in [4.78, 5) is 0. The third-order valence-corrected chi connectivity index (χ3v) is 2.48. The van der Waals surface area contributed by atoms with Crippen molar-refractivity contribution in [1.82, 2.24) is 0 Å². The highest BCUT2D eigenvalue weighted by Crippen LogP contribution is 2.26. The van der Waals surface area contributed by atoms with E-state index in [1.165, 1.54) is 5.56 Å². The maximum Gasteiger partial charge on any atom is 0.150 e. The smallest absolute Gasteiger partial charge is 0.150 e. The standard InChI is InChI=1S/C14H15NO/c1-2-11-7-9-12(10-8-11)16-14-6-4-3-5-13(14)15/h3-10H,2,15H2,1H3. The van der Waals surface area contributed by atoms with Crippen LogP contribution in [0.1, 0.15) is 12.5 Å². The van der Waals surface area contributed by atoms with E-state index >= 15 is 0 Å². The van der Waals surface area contributed by atoms with Crippen LogP contribution >= 0.6 is 0 Å². The quantitative estimate of drug-likeness (QED) is 0.790. The third-order valence-electron chi connectivity index (χ3n) is 2.48. The summed E-state index contributed by atoms with van der Waals surface area (Å²) in [7, 11) is 0. The molecule has 2 nitrogen and oxygen atoms in total. The molecule has 0 bridgehead atoms. The van der Waals surface area contributed by atoms with E-state index in [1.807, 2.05) is 36.4 Å². The van der Waals surface area contributed by atoms with E-state index in [0.29, 0.717) is 11.4 Å². The zero-order chi connectivity index (χ0) is 11.4. The minimum Gasteiger partial charge on any atom is -0.455 e.